The molecule has 0 aliphatic rings. The maximum atomic E-state index is 13.5. The van der Waals surface area contributed by atoms with E-state index in [2.05, 4.69) is 14.7 Å². The molecule has 0 amide bonds. The van der Waals surface area contributed by atoms with Crippen molar-refractivity contribution in [3.8, 4) is 0 Å². The van der Waals surface area contributed by atoms with Gasteiger partial charge in [-0.3, -0.25) is 14.1 Å². The molecule has 1 N–H and O–H groups in total. The maximum absolute atomic E-state index is 13.5. The van der Waals surface area contributed by atoms with Crippen LogP contribution in [0, 0.1) is 5.82 Å². The molecule has 3 rings (SSSR count). The van der Waals surface area contributed by atoms with E-state index in [1.54, 1.807) is 18.2 Å². The van der Waals surface area contributed by atoms with Crippen LogP contribution in [0.1, 0.15) is 0 Å². The third-order valence-electron chi connectivity index (χ3n) is 2.72. The first-order valence-corrected chi connectivity index (χ1v) is 7.60. The standard InChI is InChI=1S/C12H8ClFN4O2S/c13-11-12(18-6-2-1-3-10(18)16-11)21(19,20)17-9-4-5-15-7-8(9)14/h1-7H,(H,15,17). The van der Waals surface area contributed by atoms with Crippen LogP contribution in [-0.4, -0.2) is 22.8 Å². The number of halogens is 2. The predicted molar refractivity (Wildman–Crippen MR) is 75.2 cm³/mol. The van der Waals surface area contributed by atoms with Crippen molar-refractivity contribution in [1.82, 2.24) is 14.4 Å². The number of rotatable bonds is 3. The summed E-state index contributed by atoms with van der Waals surface area (Å²) in [6.45, 7) is 0. The zero-order valence-corrected chi connectivity index (χ0v) is 11.9. The highest BCUT2D eigenvalue weighted by Gasteiger charge is 2.25. The Hall–Kier alpha value is -2.19. The fourth-order valence-corrected chi connectivity index (χ4v) is 3.55. The van der Waals surface area contributed by atoms with Crippen molar-refractivity contribution in [3.05, 3.63) is 53.8 Å². The van der Waals surface area contributed by atoms with Gasteiger partial charge in [0.25, 0.3) is 10.0 Å². The second-order valence-electron chi connectivity index (χ2n) is 4.10. The fourth-order valence-electron chi connectivity index (χ4n) is 1.84. The molecule has 3 heterocycles. The largest absolute Gasteiger partial charge is 0.288 e. The van der Waals surface area contributed by atoms with Crippen LogP contribution < -0.4 is 4.72 Å². The Morgan fingerprint density at radius 3 is 2.86 bits per heavy atom. The first-order valence-electron chi connectivity index (χ1n) is 5.74. The molecule has 0 aromatic carbocycles. The van der Waals surface area contributed by atoms with Crippen molar-refractivity contribution < 1.29 is 12.8 Å². The van der Waals surface area contributed by atoms with Crippen LogP contribution >= 0.6 is 11.6 Å². The van der Waals surface area contributed by atoms with Crippen LogP contribution in [-0.2, 0) is 10.0 Å². The quantitative estimate of drug-likeness (QED) is 0.801. The molecule has 0 spiro atoms. The molecule has 0 atom stereocenters. The summed E-state index contributed by atoms with van der Waals surface area (Å²) in [5, 5.41) is -0.445. The minimum atomic E-state index is -4.10. The Morgan fingerprint density at radius 2 is 2.10 bits per heavy atom. The Labute approximate surface area is 124 Å². The SMILES string of the molecule is O=S(=O)(Nc1ccncc1F)c1c(Cl)nc2ccccn12. The highest BCUT2D eigenvalue weighted by atomic mass is 35.5. The zero-order valence-electron chi connectivity index (χ0n) is 10.4. The lowest BCUT2D eigenvalue weighted by Crippen LogP contribution is -2.16. The number of imidazole rings is 1. The van der Waals surface area contributed by atoms with Gasteiger partial charge >= 0.3 is 0 Å². The lowest BCUT2D eigenvalue weighted by Gasteiger charge is -2.08. The van der Waals surface area contributed by atoms with Crippen molar-refractivity contribution in [2.24, 2.45) is 0 Å². The molecule has 0 saturated heterocycles. The minimum Gasteiger partial charge on any atom is -0.288 e. The minimum absolute atomic E-state index is 0.192. The molecule has 0 saturated carbocycles. The molecule has 0 unspecified atom stereocenters. The van der Waals surface area contributed by atoms with Gasteiger partial charge < -0.3 is 0 Å². The van der Waals surface area contributed by atoms with E-state index in [9.17, 15) is 12.8 Å². The summed E-state index contributed by atoms with van der Waals surface area (Å²) < 4.78 is 41.8. The van der Waals surface area contributed by atoms with Gasteiger partial charge in [0, 0.05) is 12.4 Å². The number of pyridine rings is 2. The molecule has 3 aromatic heterocycles. The summed E-state index contributed by atoms with van der Waals surface area (Å²) in [5.41, 5.74) is 0.157. The van der Waals surface area contributed by atoms with E-state index in [0.29, 0.717) is 5.65 Å². The number of sulfonamides is 1. The number of hydrogen-bond acceptors (Lipinski definition) is 4. The molecule has 0 radical (unpaired) electrons. The number of hydrogen-bond donors (Lipinski definition) is 1. The smallest absolute Gasteiger partial charge is 0.281 e. The summed E-state index contributed by atoms with van der Waals surface area (Å²) in [6, 6.07) is 6.16. The average molecular weight is 327 g/mol. The number of nitrogens with one attached hydrogen (secondary N) is 1. The normalized spacial score (nSPS) is 11.7. The van der Waals surface area contributed by atoms with Gasteiger partial charge in [0.05, 0.1) is 11.9 Å². The molecule has 3 aromatic rings. The fraction of sp³-hybridized carbons (Fsp3) is 0. The second-order valence-corrected chi connectivity index (χ2v) is 6.05. The molecule has 0 aliphatic heterocycles. The van der Waals surface area contributed by atoms with E-state index < -0.39 is 15.8 Å². The summed E-state index contributed by atoms with van der Waals surface area (Å²) in [6.07, 6.45) is 3.69. The van der Waals surface area contributed by atoms with Gasteiger partial charge in [-0.25, -0.2) is 9.37 Å². The molecule has 6 nitrogen and oxygen atoms in total. The van der Waals surface area contributed by atoms with Gasteiger partial charge in [-0.05, 0) is 18.2 Å². The summed E-state index contributed by atoms with van der Waals surface area (Å²) in [7, 11) is -4.10. The monoisotopic (exact) mass is 326 g/mol. The van der Waals surface area contributed by atoms with Crippen LogP contribution in [0.4, 0.5) is 10.1 Å². The van der Waals surface area contributed by atoms with E-state index in [1.165, 1.54) is 22.9 Å². The number of fused-ring (bicyclic) bond motifs is 1. The van der Waals surface area contributed by atoms with Gasteiger partial charge in [0.1, 0.15) is 5.65 Å². The van der Waals surface area contributed by atoms with Crippen LogP contribution in [0.2, 0.25) is 5.15 Å². The summed E-state index contributed by atoms with van der Waals surface area (Å²) >= 11 is 5.90. The Morgan fingerprint density at radius 1 is 1.29 bits per heavy atom. The van der Waals surface area contributed by atoms with E-state index in [1.807, 2.05) is 0 Å². The van der Waals surface area contributed by atoms with Crippen LogP contribution in [0.25, 0.3) is 5.65 Å². The highest BCUT2D eigenvalue weighted by Crippen LogP contribution is 2.25. The molecule has 0 aliphatic carbocycles. The molecule has 0 bridgehead atoms. The van der Waals surface area contributed by atoms with E-state index >= 15 is 0 Å². The molecular weight excluding hydrogens is 319 g/mol. The molecular formula is C12H8ClFN4O2S. The predicted octanol–water partition coefficient (Wildman–Crippen LogP) is 2.32. The molecule has 21 heavy (non-hydrogen) atoms. The van der Waals surface area contributed by atoms with Crippen molar-refractivity contribution in [1.29, 1.82) is 0 Å². The van der Waals surface area contributed by atoms with Crippen LogP contribution in [0.5, 0.6) is 0 Å². The van der Waals surface area contributed by atoms with Gasteiger partial charge in [-0.2, -0.15) is 8.42 Å². The molecule has 0 fully saturated rings. The van der Waals surface area contributed by atoms with E-state index in [4.69, 9.17) is 11.6 Å². The number of nitrogens with zero attached hydrogens (tertiary/aromatic N) is 3. The maximum Gasteiger partial charge on any atom is 0.281 e. The van der Waals surface area contributed by atoms with Gasteiger partial charge in [-0.1, -0.05) is 17.7 Å². The highest BCUT2D eigenvalue weighted by molar-refractivity contribution is 7.92. The average Bonchev–Trinajstić information content (AvgIpc) is 2.77. The Balaban J connectivity index is 2.13. The third kappa shape index (κ3) is 2.43. The summed E-state index contributed by atoms with van der Waals surface area (Å²) in [4.78, 5) is 7.50. The lowest BCUT2D eigenvalue weighted by atomic mass is 10.4. The van der Waals surface area contributed by atoms with Gasteiger partial charge in [-0.15, -0.1) is 0 Å². The van der Waals surface area contributed by atoms with Crippen molar-refractivity contribution in [3.63, 3.8) is 0 Å². The van der Waals surface area contributed by atoms with Gasteiger partial charge in [0.15, 0.2) is 16.0 Å². The topological polar surface area (TPSA) is 76.4 Å². The third-order valence-corrected chi connectivity index (χ3v) is 4.48. The first-order chi connectivity index (χ1) is 9.99. The second kappa shape index (κ2) is 4.97. The molecule has 108 valence electrons. The van der Waals surface area contributed by atoms with Gasteiger partial charge in [0.2, 0.25) is 0 Å². The Bertz CT molecular complexity index is 926. The zero-order chi connectivity index (χ0) is 15.0. The summed E-state index contributed by atoms with van der Waals surface area (Å²) in [5.74, 6) is -0.786. The lowest BCUT2D eigenvalue weighted by molar-refractivity contribution is 0.593. The first kappa shape index (κ1) is 13.8. The molecule has 9 heteroatoms. The number of aromatic nitrogens is 3. The van der Waals surface area contributed by atoms with E-state index in [0.717, 1.165) is 6.20 Å². The van der Waals surface area contributed by atoms with Crippen molar-refractivity contribution in [2.45, 2.75) is 5.03 Å². The van der Waals surface area contributed by atoms with Crippen molar-refractivity contribution >= 4 is 33.0 Å². The Kier molecular flexibility index (Phi) is 3.26. The van der Waals surface area contributed by atoms with E-state index in [-0.39, 0.29) is 15.9 Å². The van der Waals surface area contributed by atoms with Crippen LogP contribution in [0.15, 0.2) is 47.9 Å². The van der Waals surface area contributed by atoms with Crippen molar-refractivity contribution in [2.75, 3.05) is 4.72 Å². The van der Waals surface area contributed by atoms with Crippen LogP contribution in [0.3, 0.4) is 0 Å². The number of anilines is 1.